The van der Waals surface area contributed by atoms with Crippen LogP contribution in [0.3, 0.4) is 0 Å². The summed E-state index contributed by atoms with van der Waals surface area (Å²) in [5.74, 6) is 0.560. The standard InChI is InChI=1S/C23H24N4O4/c28-21(11-14-26-19-7-3-4-8-20(19)31-15-22(26)29)25-12-9-16(10-13-25)27-18-6-2-1-5-17(18)24-23(27)30/h1-8,16H,9-15H2,(H,24,30). The monoisotopic (exact) mass is 420 g/mol. The number of nitrogens with zero attached hydrogens (tertiary/aromatic N) is 3. The van der Waals surface area contributed by atoms with Crippen LogP contribution < -0.4 is 15.3 Å². The number of piperidine rings is 1. The Morgan fingerprint density at radius 3 is 2.61 bits per heavy atom. The van der Waals surface area contributed by atoms with Crippen LogP contribution >= 0.6 is 0 Å². The number of para-hydroxylation sites is 4. The zero-order valence-electron chi connectivity index (χ0n) is 17.1. The van der Waals surface area contributed by atoms with Crippen molar-refractivity contribution in [3.8, 4) is 5.75 Å². The van der Waals surface area contributed by atoms with Gasteiger partial charge < -0.3 is 19.5 Å². The quantitative estimate of drug-likeness (QED) is 0.702. The van der Waals surface area contributed by atoms with Crippen molar-refractivity contribution in [1.82, 2.24) is 14.5 Å². The van der Waals surface area contributed by atoms with E-state index in [2.05, 4.69) is 4.98 Å². The van der Waals surface area contributed by atoms with E-state index in [1.165, 1.54) is 0 Å². The molecule has 0 atom stereocenters. The fraction of sp³-hybridized carbons (Fsp3) is 0.348. The third-order valence-corrected chi connectivity index (χ3v) is 6.16. The molecule has 2 aliphatic heterocycles. The van der Waals surface area contributed by atoms with Gasteiger partial charge in [0.15, 0.2) is 6.61 Å². The molecule has 1 aromatic heterocycles. The number of likely N-dealkylation sites (tertiary alicyclic amines) is 1. The van der Waals surface area contributed by atoms with Crippen LogP contribution in [-0.2, 0) is 9.59 Å². The highest BCUT2D eigenvalue weighted by atomic mass is 16.5. The van der Waals surface area contributed by atoms with E-state index < -0.39 is 0 Å². The van der Waals surface area contributed by atoms with Gasteiger partial charge in [-0.05, 0) is 37.1 Å². The molecule has 2 amide bonds. The van der Waals surface area contributed by atoms with Gasteiger partial charge in [0.05, 0.1) is 16.7 Å². The van der Waals surface area contributed by atoms with Crippen molar-refractivity contribution in [3.05, 3.63) is 59.0 Å². The van der Waals surface area contributed by atoms with Crippen LogP contribution in [0.5, 0.6) is 5.75 Å². The third kappa shape index (κ3) is 3.58. The van der Waals surface area contributed by atoms with Gasteiger partial charge in [-0.25, -0.2) is 4.79 Å². The molecule has 0 unspecified atom stereocenters. The lowest BCUT2D eigenvalue weighted by Gasteiger charge is -2.34. The Balaban J connectivity index is 1.21. The minimum absolute atomic E-state index is 0.00400. The van der Waals surface area contributed by atoms with E-state index in [4.69, 9.17) is 4.74 Å². The first-order valence-corrected chi connectivity index (χ1v) is 10.6. The molecular formula is C23H24N4O4. The first kappa shape index (κ1) is 19.4. The van der Waals surface area contributed by atoms with E-state index in [1.807, 2.05) is 58.0 Å². The molecule has 3 heterocycles. The number of benzene rings is 2. The van der Waals surface area contributed by atoms with Gasteiger partial charge in [0, 0.05) is 32.1 Å². The molecule has 0 aliphatic carbocycles. The molecule has 1 saturated heterocycles. The highest BCUT2D eigenvalue weighted by molar-refractivity contribution is 5.98. The molecular weight excluding hydrogens is 396 g/mol. The molecule has 0 radical (unpaired) electrons. The van der Waals surface area contributed by atoms with Gasteiger partial charge in [0.2, 0.25) is 5.91 Å². The van der Waals surface area contributed by atoms with Crippen LogP contribution in [0.1, 0.15) is 25.3 Å². The van der Waals surface area contributed by atoms with Crippen LogP contribution in [-0.4, -0.2) is 52.5 Å². The summed E-state index contributed by atoms with van der Waals surface area (Å²) in [6.07, 6.45) is 1.72. The van der Waals surface area contributed by atoms with Crippen molar-refractivity contribution in [3.63, 3.8) is 0 Å². The number of ether oxygens (including phenoxy) is 1. The van der Waals surface area contributed by atoms with Gasteiger partial charge in [0.1, 0.15) is 5.75 Å². The second kappa shape index (κ2) is 7.94. The first-order valence-electron chi connectivity index (χ1n) is 10.6. The Kier molecular flexibility index (Phi) is 4.97. The smallest absolute Gasteiger partial charge is 0.326 e. The summed E-state index contributed by atoms with van der Waals surface area (Å²) in [5, 5.41) is 0. The summed E-state index contributed by atoms with van der Waals surface area (Å²) in [6.45, 7) is 1.53. The van der Waals surface area contributed by atoms with Gasteiger partial charge in [-0.2, -0.15) is 0 Å². The Morgan fingerprint density at radius 2 is 1.77 bits per heavy atom. The molecule has 8 heteroatoms. The van der Waals surface area contributed by atoms with Gasteiger partial charge >= 0.3 is 5.69 Å². The maximum absolute atomic E-state index is 12.8. The van der Waals surface area contributed by atoms with Crippen LogP contribution in [0.4, 0.5) is 5.69 Å². The van der Waals surface area contributed by atoms with E-state index in [0.29, 0.717) is 31.1 Å². The molecule has 1 N–H and O–H groups in total. The van der Waals surface area contributed by atoms with Gasteiger partial charge in [-0.1, -0.05) is 24.3 Å². The molecule has 8 nitrogen and oxygen atoms in total. The Hall–Kier alpha value is -3.55. The predicted molar refractivity (Wildman–Crippen MR) is 116 cm³/mol. The fourth-order valence-electron chi connectivity index (χ4n) is 4.57. The van der Waals surface area contributed by atoms with Crippen molar-refractivity contribution in [2.75, 3.05) is 31.1 Å². The van der Waals surface area contributed by atoms with Crippen molar-refractivity contribution < 1.29 is 14.3 Å². The number of hydrogen-bond acceptors (Lipinski definition) is 4. The molecule has 160 valence electrons. The molecule has 0 saturated carbocycles. The van der Waals surface area contributed by atoms with E-state index in [1.54, 1.807) is 4.90 Å². The average molecular weight is 420 g/mol. The number of carbonyl (C=O) groups is 2. The molecule has 31 heavy (non-hydrogen) atoms. The Morgan fingerprint density at radius 1 is 1.03 bits per heavy atom. The van der Waals surface area contributed by atoms with E-state index >= 15 is 0 Å². The molecule has 5 rings (SSSR count). The number of aromatic nitrogens is 2. The van der Waals surface area contributed by atoms with Crippen LogP contribution in [0.2, 0.25) is 0 Å². The number of H-pyrrole nitrogens is 1. The first-order chi connectivity index (χ1) is 15.1. The predicted octanol–water partition coefficient (Wildman–Crippen LogP) is 2.31. The number of anilines is 1. The normalized spacial score (nSPS) is 17.0. The number of amides is 2. The van der Waals surface area contributed by atoms with Crippen molar-refractivity contribution in [2.45, 2.75) is 25.3 Å². The number of nitrogens with one attached hydrogen (secondary N) is 1. The lowest BCUT2D eigenvalue weighted by Crippen LogP contribution is -2.44. The highest BCUT2D eigenvalue weighted by Gasteiger charge is 2.29. The van der Waals surface area contributed by atoms with E-state index in [0.717, 1.165) is 23.9 Å². The van der Waals surface area contributed by atoms with Crippen molar-refractivity contribution in [1.29, 1.82) is 0 Å². The van der Waals surface area contributed by atoms with E-state index in [-0.39, 0.29) is 36.6 Å². The zero-order valence-corrected chi connectivity index (χ0v) is 17.1. The SMILES string of the molecule is O=C(CCN1C(=O)COc2ccccc21)N1CCC(n2c(=O)[nH]c3ccccc32)CC1. The second-order valence-corrected chi connectivity index (χ2v) is 7.98. The maximum Gasteiger partial charge on any atom is 0.326 e. The summed E-state index contributed by atoms with van der Waals surface area (Å²) in [4.78, 5) is 43.9. The molecule has 2 aromatic carbocycles. The lowest BCUT2D eigenvalue weighted by atomic mass is 10.0. The lowest BCUT2D eigenvalue weighted by molar-refractivity contribution is -0.132. The zero-order chi connectivity index (χ0) is 21.4. The third-order valence-electron chi connectivity index (χ3n) is 6.16. The van der Waals surface area contributed by atoms with Gasteiger partial charge in [0.25, 0.3) is 5.91 Å². The largest absolute Gasteiger partial charge is 0.482 e. The minimum atomic E-state index is -0.135. The number of aromatic amines is 1. The Labute approximate surface area is 179 Å². The molecule has 3 aromatic rings. The molecule has 0 bridgehead atoms. The number of imidazole rings is 1. The van der Waals surface area contributed by atoms with Crippen LogP contribution in [0, 0.1) is 0 Å². The fourth-order valence-corrected chi connectivity index (χ4v) is 4.57. The number of fused-ring (bicyclic) bond motifs is 2. The summed E-state index contributed by atoms with van der Waals surface area (Å²) in [7, 11) is 0. The van der Waals surface area contributed by atoms with Crippen molar-refractivity contribution in [2.24, 2.45) is 0 Å². The summed E-state index contributed by atoms with van der Waals surface area (Å²) >= 11 is 0. The van der Waals surface area contributed by atoms with E-state index in [9.17, 15) is 14.4 Å². The molecule has 2 aliphatic rings. The van der Waals surface area contributed by atoms with Gasteiger partial charge in [-0.15, -0.1) is 0 Å². The van der Waals surface area contributed by atoms with Crippen LogP contribution in [0.15, 0.2) is 53.3 Å². The van der Waals surface area contributed by atoms with Crippen molar-refractivity contribution >= 4 is 28.5 Å². The summed E-state index contributed by atoms with van der Waals surface area (Å²) < 4.78 is 7.28. The molecule has 1 fully saturated rings. The maximum atomic E-state index is 12.8. The van der Waals surface area contributed by atoms with Crippen LogP contribution in [0.25, 0.3) is 11.0 Å². The number of rotatable bonds is 4. The number of carbonyl (C=O) groups excluding carboxylic acids is 2. The summed E-state index contributed by atoms with van der Waals surface area (Å²) in [6, 6.07) is 15.1. The minimum Gasteiger partial charge on any atom is -0.482 e. The topological polar surface area (TPSA) is 87.6 Å². The second-order valence-electron chi connectivity index (χ2n) is 7.98. The Bertz CT molecular complexity index is 1190. The average Bonchev–Trinajstić information content (AvgIpc) is 3.14. The van der Waals surface area contributed by atoms with Gasteiger partial charge in [-0.3, -0.25) is 14.2 Å². The summed E-state index contributed by atoms with van der Waals surface area (Å²) in [5.41, 5.74) is 2.35. The highest BCUT2D eigenvalue weighted by Crippen LogP contribution is 2.31. The number of hydrogen-bond donors (Lipinski definition) is 1. The molecule has 0 spiro atoms.